The topological polar surface area (TPSA) is 50.3 Å². The highest BCUT2D eigenvalue weighted by molar-refractivity contribution is 5.76. The van der Waals surface area contributed by atoms with Crippen LogP contribution in [0.2, 0.25) is 0 Å². The molecule has 1 aromatic heterocycles. The molecule has 0 spiro atoms. The molecular weight excluding hydrogens is 369 g/mol. The fourth-order valence-corrected chi connectivity index (χ4v) is 5.26. The number of halogens is 1. The molecule has 1 N–H and O–H groups in total. The molecule has 4 rings (SSSR count). The van der Waals surface area contributed by atoms with Crippen molar-refractivity contribution in [3.05, 3.63) is 34.0 Å². The second kappa shape index (κ2) is 8.23. The number of fused-ring (bicyclic) bond motifs is 1. The van der Waals surface area contributed by atoms with Gasteiger partial charge in [0.05, 0.1) is 17.1 Å². The van der Waals surface area contributed by atoms with Gasteiger partial charge in [-0.2, -0.15) is 0 Å². The van der Waals surface area contributed by atoms with Crippen molar-refractivity contribution < 1.29 is 9.13 Å². The lowest BCUT2D eigenvalue weighted by atomic mass is 9.79. The Morgan fingerprint density at radius 2 is 1.90 bits per heavy atom. The van der Waals surface area contributed by atoms with E-state index in [0.717, 1.165) is 57.3 Å². The third-order valence-electron chi connectivity index (χ3n) is 7.16. The lowest BCUT2D eigenvalue weighted by Crippen LogP contribution is -2.53. The minimum Gasteiger partial charge on any atom is -0.378 e. The predicted octanol–water partition coefficient (Wildman–Crippen LogP) is 4.54. The number of hydrogen-bond donors (Lipinski definition) is 1. The van der Waals surface area contributed by atoms with Gasteiger partial charge in [-0.1, -0.05) is 6.92 Å². The number of aryl methyl sites for hydroxylation is 1. The highest BCUT2D eigenvalue weighted by Gasteiger charge is 2.38. The molecule has 1 saturated carbocycles. The van der Waals surface area contributed by atoms with E-state index in [1.165, 1.54) is 18.9 Å². The Kier molecular flexibility index (Phi) is 5.85. The summed E-state index contributed by atoms with van der Waals surface area (Å²) in [6.45, 7) is 9.18. The highest BCUT2D eigenvalue weighted by Crippen LogP contribution is 2.38. The quantitative estimate of drug-likeness (QED) is 0.797. The summed E-state index contributed by atoms with van der Waals surface area (Å²) >= 11 is 0. The molecule has 1 saturated heterocycles. The molecule has 1 aliphatic carbocycles. The Hall–Kier alpha value is -1.66. The van der Waals surface area contributed by atoms with Gasteiger partial charge in [0, 0.05) is 31.3 Å². The molecule has 0 unspecified atom stereocenters. The summed E-state index contributed by atoms with van der Waals surface area (Å²) in [5, 5.41) is 0. The van der Waals surface area contributed by atoms with Crippen LogP contribution in [0.25, 0.3) is 11.0 Å². The van der Waals surface area contributed by atoms with Crippen LogP contribution in [-0.4, -0.2) is 45.8 Å². The van der Waals surface area contributed by atoms with E-state index in [1.54, 1.807) is 13.0 Å². The number of benzene rings is 1. The number of hydrogen-bond acceptors (Lipinski definition) is 3. The number of imidazole rings is 1. The van der Waals surface area contributed by atoms with E-state index in [1.807, 2.05) is 4.57 Å². The van der Waals surface area contributed by atoms with E-state index in [-0.39, 0.29) is 23.1 Å². The molecule has 0 bridgehead atoms. The Labute approximate surface area is 172 Å². The molecule has 2 fully saturated rings. The van der Waals surface area contributed by atoms with Crippen molar-refractivity contribution in [3.8, 4) is 0 Å². The monoisotopic (exact) mass is 403 g/mol. The molecule has 0 radical (unpaired) electrons. The molecule has 1 aromatic carbocycles. The molecule has 2 aromatic rings. The maximum atomic E-state index is 13.9. The van der Waals surface area contributed by atoms with Crippen molar-refractivity contribution in [3.63, 3.8) is 0 Å². The average molecular weight is 404 g/mol. The number of likely N-dealkylation sites (tertiary alicyclic amines) is 1. The Morgan fingerprint density at radius 1 is 1.21 bits per heavy atom. The van der Waals surface area contributed by atoms with Crippen LogP contribution in [-0.2, 0) is 4.74 Å². The van der Waals surface area contributed by atoms with E-state index >= 15 is 0 Å². The van der Waals surface area contributed by atoms with Crippen molar-refractivity contribution in [2.45, 2.75) is 83.4 Å². The Bertz CT molecular complexity index is 903. The summed E-state index contributed by atoms with van der Waals surface area (Å²) < 4.78 is 21.7. The average Bonchev–Trinajstić information content (AvgIpc) is 3.02. The number of nitrogens with zero attached hydrogens (tertiary/aromatic N) is 2. The van der Waals surface area contributed by atoms with Gasteiger partial charge in [-0.25, -0.2) is 9.18 Å². The molecule has 2 aliphatic rings. The van der Waals surface area contributed by atoms with Crippen LogP contribution in [0.5, 0.6) is 0 Å². The van der Waals surface area contributed by atoms with Crippen LogP contribution in [0.1, 0.15) is 70.4 Å². The van der Waals surface area contributed by atoms with E-state index in [2.05, 4.69) is 23.7 Å². The zero-order chi connectivity index (χ0) is 20.6. The van der Waals surface area contributed by atoms with Gasteiger partial charge in [-0.15, -0.1) is 0 Å². The summed E-state index contributed by atoms with van der Waals surface area (Å²) in [6.07, 6.45) is 8.06. The van der Waals surface area contributed by atoms with Crippen molar-refractivity contribution in [1.29, 1.82) is 0 Å². The minimum absolute atomic E-state index is 0.122. The smallest absolute Gasteiger partial charge is 0.326 e. The van der Waals surface area contributed by atoms with Crippen LogP contribution < -0.4 is 5.69 Å². The van der Waals surface area contributed by atoms with Gasteiger partial charge >= 0.3 is 5.69 Å². The first-order valence-corrected chi connectivity index (χ1v) is 11.2. The first kappa shape index (κ1) is 20.6. The Morgan fingerprint density at radius 3 is 2.55 bits per heavy atom. The number of ether oxygens (including phenoxy) is 1. The Balaban J connectivity index is 1.43. The first-order chi connectivity index (χ1) is 13.9. The van der Waals surface area contributed by atoms with Gasteiger partial charge in [0.15, 0.2) is 0 Å². The van der Waals surface area contributed by atoms with Crippen LogP contribution >= 0.6 is 0 Å². The van der Waals surface area contributed by atoms with Crippen molar-refractivity contribution in [1.82, 2.24) is 14.5 Å². The number of nitrogens with one attached hydrogen (secondary N) is 1. The van der Waals surface area contributed by atoms with Crippen molar-refractivity contribution in [2.24, 2.45) is 0 Å². The molecule has 5 nitrogen and oxygen atoms in total. The third kappa shape index (κ3) is 4.02. The molecule has 29 heavy (non-hydrogen) atoms. The minimum atomic E-state index is -0.271. The molecule has 160 valence electrons. The van der Waals surface area contributed by atoms with E-state index in [0.29, 0.717) is 17.2 Å². The predicted molar refractivity (Wildman–Crippen MR) is 114 cm³/mol. The summed E-state index contributed by atoms with van der Waals surface area (Å²) in [4.78, 5) is 18.1. The van der Waals surface area contributed by atoms with E-state index in [4.69, 9.17) is 4.74 Å². The number of piperidine rings is 1. The van der Waals surface area contributed by atoms with Crippen LogP contribution in [0, 0.1) is 12.7 Å². The SMILES string of the molecule is CCCO[C@H]1CC[C@@](C)(N2CCC(n3c(=O)[nH]c4cc(F)c(C)cc43)CC2)CC1. The normalized spacial score (nSPS) is 27.0. The van der Waals surface area contributed by atoms with E-state index < -0.39 is 0 Å². The van der Waals surface area contributed by atoms with Gasteiger partial charge < -0.3 is 9.72 Å². The molecule has 0 amide bonds. The largest absolute Gasteiger partial charge is 0.378 e. The van der Waals surface area contributed by atoms with Crippen molar-refractivity contribution >= 4 is 11.0 Å². The van der Waals surface area contributed by atoms with Crippen LogP contribution in [0.15, 0.2) is 16.9 Å². The molecular formula is C23H34FN3O2. The number of aromatic nitrogens is 2. The molecule has 2 heterocycles. The molecule has 6 heteroatoms. The van der Waals surface area contributed by atoms with Crippen LogP contribution in [0.3, 0.4) is 0 Å². The lowest BCUT2D eigenvalue weighted by Gasteiger charge is -2.48. The third-order valence-corrected chi connectivity index (χ3v) is 7.16. The zero-order valence-corrected chi connectivity index (χ0v) is 18.0. The standard InChI is InChI=1S/C23H34FN3O2/c1-4-13-29-18-5-9-23(3,10-6-18)26-11-7-17(8-12-26)27-21-14-16(2)19(24)15-20(21)25-22(27)28/h14-15,17-18H,4-13H2,1-3H3,(H,25,28)/t18-,23+. The zero-order valence-electron chi connectivity index (χ0n) is 18.0. The lowest BCUT2D eigenvalue weighted by molar-refractivity contribution is -0.0305. The molecule has 0 atom stereocenters. The summed E-state index contributed by atoms with van der Waals surface area (Å²) in [7, 11) is 0. The maximum absolute atomic E-state index is 13.9. The first-order valence-electron chi connectivity index (χ1n) is 11.2. The van der Waals surface area contributed by atoms with Crippen molar-refractivity contribution in [2.75, 3.05) is 19.7 Å². The fraction of sp³-hybridized carbons (Fsp3) is 0.696. The summed E-state index contributed by atoms with van der Waals surface area (Å²) in [6, 6.07) is 3.41. The fourth-order valence-electron chi connectivity index (χ4n) is 5.26. The highest BCUT2D eigenvalue weighted by atomic mass is 19.1. The van der Waals surface area contributed by atoms with Crippen LogP contribution in [0.4, 0.5) is 4.39 Å². The second-order valence-corrected chi connectivity index (χ2v) is 9.20. The van der Waals surface area contributed by atoms with Gasteiger partial charge in [0.1, 0.15) is 5.82 Å². The number of rotatable bonds is 5. The number of aromatic amines is 1. The second-order valence-electron chi connectivity index (χ2n) is 9.20. The van der Waals surface area contributed by atoms with E-state index in [9.17, 15) is 9.18 Å². The van der Waals surface area contributed by atoms with Gasteiger partial charge in [0.2, 0.25) is 0 Å². The van der Waals surface area contributed by atoms with Gasteiger partial charge in [-0.05, 0) is 76.5 Å². The van der Waals surface area contributed by atoms with Gasteiger partial charge in [-0.3, -0.25) is 9.47 Å². The number of H-pyrrole nitrogens is 1. The summed E-state index contributed by atoms with van der Waals surface area (Å²) in [5.41, 5.74) is 2.12. The molecule has 1 aliphatic heterocycles. The maximum Gasteiger partial charge on any atom is 0.326 e. The van der Waals surface area contributed by atoms with Gasteiger partial charge in [0.25, 0.3) is 0 Å². The summed E-state index contributed by atoms with van der Waals surface area (Å²) in [5.74, 6) is -0.271.